The standard InChI is InChI=1S/C16H22F3NO/c1-4-7-10-14(15(20)21)12(8-5-2)11-13(9-6-3)16(17,18)19/h5,8,10-11H,2,4,6-7,9H2,1,3H3,(H2,20,21)/b12-8+,13-11+,14-10+. The van der Waals surface area contributed by atoms with Gasteiger partial charge in [-0.15, -0.1) is 0 Å². The van der Waals surface area contributed by atoms with E-state index >= 15 is 0 Å². The van der Waals surface area contributed by atoms with Crippen molar-refractivity contribution < 1.29 is 18.0 Å². The van der Waals surface area contributed by atoms with Gasteiger partial charge in [-0.3, -0.25) is 4.79 Å². The Balaban J connectivity index is 5.82. The Morgan fingerprint density at radius 3 is 2.24 bits per heavy atom. The molecule has 0 aromatic heterocycles. The van der Waals surface area contributed by atoms with Crippen molar-refractivity contribution in [2.24, 2.45) is 5.73 Å². The maximum atomic E-state index is 13.0. The van der Waals surface area contributed by atoms with Crippen LogP contribution >= 0.6 is 0 Å². The topological polar surface area (TPSA) is 43.1 Å². The lowest BCUT2D eigenvalue weighted by atomic mass is 9.98. The average Bonchev–Trinajstić information content (AvgIpc) is 2.37. The van der Waals surface area contributed by atoms with E-state index in [0.717, 1.165) is 12.5 Å². The number of primary amides is 1. The van der Waals surface area contributed by atoms with Crippen molar-refractivity contribution in [1.29, 1.82) is 0 Å². The third-order valence-corrected chi connectivity index (χ3v) is 2.72. The number of rotatable bonds is 8. The maximum Gasteiger partial charge on any atom is 0.412 e. The molecule has 0 atom stereocenters. The average molecular weight is 301 g/mol. The SMILES string of the molecule is C=C/C=C(\C=C(/CCC)C(F)(F)F)C(=C\CCC)/C(N)=O. The zero-order chi connectivity index (χ0) is 16.5. The predicted octanol–water partition coefficient (Wildman–Crippen LogP) is 4.60. The van der Waals surface area contributed by atoms with E-state index in [2.05, 4.69) is 6.58 Å². The van der Waals surface area contributed by atoms with E-state index in [0.29, 0.717) is 12.8 Å². The van der Waals surface area contributed by atoms with Gasteiger partial charge >= 0.3 is 6.18 Å². The van der Waals surface area contributed by atoms with E-state index in [9.17, 15) is 18.0 Å². The molecule has 0 spiro atoms. The first-order valence-electron chi connectivity index (χ1n) is 6.88. The third-order valence-electron chi connectivity index (χ3n) is 2.72. The summed E-state index contributed by atoms with van der Waals surface area (Å²) >= 11 is 0. The number of nitrogens with two attached hydrogens (primary N) is 1. The molecule has 0 radical (unpaired) electrons. The molecule has 2 N–H and O–H groups in total. The van der Waals surface area contributed by atoms with Gasteiger partial charge in [0.25, 0.3) is 0 Å². The molecule has 0 heterocycles. The number of unbranched alkanes of at least 4 members (excludes halogenated alkanes) is 1. The van der Waals surface area contributed by atoms with E-state index in [1.807, 2.05) is 6.92 Å². The highest BCUT2D eigenvalue weighted by Crippen LogP contribution is 2.31. The van der Waals surface area contributed by atoms with Crippen LogP contribution < -0.4 is 5.73 Å². The monoisotopic (exact) mass is 301 g/mol. The smallest absolute Gasteiger partial charge is 0.366 e. The minimum atomic E-state index is -4.43. The fraction of sp³-hybridized carbons (Fsp3) is 0.438. The summed E-state index contributed by atoms with van der Waals surface area (Å²) < 4.78 is 38.9. The number of hydrogen-bond donors (Lipinski definition) is 1. The summed E-state index contributed by atoms with van der Waals surface area (Å²) in [6.07, 6.45) is 2.41. The normalized spacial score (nSPS) is 14.2. The van der Waals surface area contributed by atoms with E-state index in [4.69, 9.17) is 5.73 Å². The Bertz CT molecular complexity index is 457. The van der Waals surface area contributed by atoms with Crippen molar-refractivity contribution in [3.05, 3.63) is 47.6 Å². The van der Waals surface area contributed by atoms with Crippen molar-refractivity contribution in [1.82, 2.24) is 0 Å². The summed E-state index contributed by atoms with van der Waals surface area (Å²) in [4.78, 5) is 11.5. The predicted molar refractivity (Wildman–Crippen MR) is 79.5 cm³/mol. The van der Waals surface area contributed by atoms with Gasteiger partial charge in [-0.1, -0.05) is 51.5 Å². The minimum Gasteiger partial charge on any atom is -0.366 e. The first kappa shape index (κ1) is 19.2. The summed E-state index contributed by atoms with van der Waals surface area (Å²) in [6, 6.07) is 0. The first-order valence-corrected chi connectivity index (χ1v) is 6.88. The lowest BCUT2D eigenvalue weighted by Crippen LogP contribution is -2.17. The molecule has 0 rings (SSSR count). The van der Waals surface area contributed by atoms with Crippen LogP contribution in [0.4, 0.5) is 13.2 Å². The second kappa shape index (κ2) is 9.21. The molecule has 0 unspecified atom stereocenters. The van der Waals surface area contributed by atoms with Gasteiger partial charge in [0, 0.05) is 11.1 Å². The Kier molecular flexibility index (Phi) is 8.43. The Hall–Kier alpha value is -1.78. The Labute approximate surface area is 123 Å². The van der Waals surface area contributed by atoms with E-state index in [1.165, 1.54) is 12.2 Å². The van der Waals surface area contributed by atoms with Crippen LogP contribution in [0.1, 0.15) is 39.5 Å². The van der Waals surface area contributed by atoms with Crippen LogP contribution in [0.25, 0.3) is 0 Å². The molecule has 0 aliphatic heterocycles. The Morgan fingerprint density at radius 1 is 1.24 bits per heavy atom. The molecule has 0 fully saturated rings. The van der Waals surface area contributed by atoms with Crippen molar-refractivity contribution in [2.45, 2.75) is 45.7 Å². The van der Waals surface area contributed by atoms with Crippen LogP contribution in [0, 0.1) is 0 Å². The van der Waals surface area contributed by atoms with Gasteiger partial charge in [0.05, 0.1) is 0 Å². The lowest BCUT2D eigenvalue weighted by Gasteiger charge is -2.13. The van der Waals surface area contributed by atoms with Gasteiger partial charge in [-0.05, 0) is 24.5 Å². The second-order valence-electron chi connectivity index (χ2n) is 4.55. The van der Waals surface area contributed by atoms with Gasteiger partial charge in [0.2, 0.25) is 5.91 Å². The molecule has 118 valence electrons. The van der Waals surface area contributed by atoms with Gasteiger partial charge in [0.15, 0.2) is 0 Å². The fourth-order valence-electron chi connectivity index (χ4n) is 1.74. The quantitative estimate of drug-likeness (QED) is 0.517. The number of amides is 1. The number of carbonyl (C=O) groups excluding carboxylic acids is 1. The summed E-state index contributed by atoms with van der Waals surface area (Å²) in [5, 5.41) is 0. The largest absolute Gasteiger partial charge is 0.412 e. The third kappa shape index (κ3) is 6.97. The molecular weight excluding hydrogens is 279 g/mol. The van der Waals surface area contributed by atoms with Crippen molar-refractivity contribution in [3.63, 3.8) is 0 Å². The summed E-state index contributed by atoms with van der Waals surface area (Å²) in [5.41, 5.74) is 4.83. The highest BCUT2D eigenvalue weighted by molar-refractivity contribution is 5.97. The molecule has 0 saturated carbocycles. The molecular formula is C16H22F3NO. The first-order chi connectivity index (χ1) is 9.77. The van der Waals surface area contributed by atoms with E-state index < -0.39 is 17.7 Å². The van der Waals surface area contributed by atoms with Crippen LogP contribution in [0.5, 0.6) is 0 Å². The lowest BCUT2D eigenvalue weighted by molar-refractivity contribution is -0.114. The van der Waals surface area contributed by atoms with Crippen LogP contribution in [0.3, 0.4) is 0 Å². The summed E-state index contributed by atoms with van der Waals surface area (Å²) in [6.45, 7) is 7.04. The van der Waals surface area contributed by atoms with Gasteiger partial charge in [-0.2, -0.15) is 13.2 Å². The van der Waals surface area contributed by atoms with Crippen LogP contribution in [-0.4, -0.2) is 12.1 Å². The molecule has 21 heavy (non-hydrogen) atoms. The van der Waals surface area contributed by atoms with Crippen molar-refractivity contribution in [3.8, 4) is 0 Å². The molecule has 0 aliphatic rings. The number of halogens is 3. The van der Waals surface area contributed by atoms with Gasteiger partial charge in [-0.25, -0.2) is 0 Å². The number of hydrogen-bond acceptors (Lipinski definition) is 1. The zero-order valence-corrected chi connectivity index (χ0v) is 12.5. The second-order valence-corrected chi connectivity index (χ2v) is 4.55. The van der Waals surface area contributed by atoms with Crippen LogP contribution in [0.2, 0.25) is 0 Å². The minimum absolute atomic E-state index is 0.0922. The summed E-state index contributed by atoms with van der Waals surface area (Å²) in [5.74, 6) is -0.745. The van der Waals surface area contributed by atoms with Crippen LogP contribution in [-0.2, 0) is 4.79 Å². The van der Waals surface area contributed by atoms with E-state index in [-0.39, 0.29) is 17.6 Å². The molecule has 0 aliphatic carbocycles. The molecule has 0 aromatic carbocycles. The van der Waals surface area contributed by atoms with Crippen LogP contribution in [0.15, 0.2) is 47.6 Å². The highest BCUT2D eigenvalue weighted by atomic mass is 19.4. The summed E-state index contributed by atoms with van der Waals surface area (Å²) in [7, 11) is 0. The molecule has 0 aromatic rings. The molecule has 0 saturated heterocycles. The number of carbonyl (C=O) groups is 1. The molecule has 2 nitrogen and oxygen atoms in total. The number of allylic oxidation sites excluding steroid dienone is 5. The molecule has 5 heteroatoms. The zero-order valence-electron chi connectivity index (χ0n) is 12.5. The molecule has 1 amide bonds. The van der Waals surface area contributed by atoms with E-state index in [1.54, 1.807) is 13.0 Å². The fourth-order valence-corrected chi connectivity index (χ4v) is 1.74. The highest BCUT2D eigenvalue weighted by Gasteiger charge is 2.33. The van der Waals surface area contributed by atoms with Crippen molar-refractivity contribution >= 4 is 5.91 Å². The Morgan fingerprint density at radius 2 is 1.86 bits per heavy atom. The molecule has 0 bridgehead atoms. The maximum absolute atomic E-state index is 13.0. The van der Waals surface area contributed by atoms with Crippen molar-refractivity contribution in [2.75, 3.05) is 0 Å². The van der Waals surface area contributed by atoms with Gasteiger partial charge < -0.3 is 5.73 Å². The number of alkyl halides is 3. The van der Waals surface area contributed by atoms with Gasteiger partial charge in [0.1, 0.15) is 0 Å².